The molecule has 2 fully saturated rings. The number of nitrogens with one attached hydrogen (secondary N) is 1. The van der Waals surface area contributed by atoms with Gasteiger partial charge in [0.2, 0.25) is 0 Å². The van der Waals surface area contributed by atoms with E-state index in [1.54, 1.807) is 0 Å². The molecule has 0 aromatic heterocycles. The third-order valence-electron chi connectivity index (χ3n) is 5.71. The highest BCUT2D eigenvalue weighted by Crippen LogP contribution is 2.36. The number of guanidine groups is 1. The minimum atomic E-state index is -0.901. The van der Waals surface area contributed by atoms with Gasteiger partial charge in [-0.05, 0) is 48.2 Å². The molecule has 1 N–H and O–H groups in total. The van der Waals surface area contributed by atoms with Crippen LogP contribution in [0.3, 0.4) is 0 Å². The third kappa shape index (κ3) is 3.45. The van der Waals surface area contributed by atoms with Gasteiger partial charge >= 0.3 is 0 Å². The average molecular weight is 391 g/mol. The van der Waals surface area contributed by atoms with Crippen LogP contribution >= 0.6 is 0 Å². The number of fused-ring (bicyclic) bond motifs is 1. The molecule has 1 saturated carbocycles. The van der Waals surface area contributed by atoms with Crippen molar-refractivity contribution in [3.63, 3.8) is 0 Å². The van der Waals surface area contributed by atoms with Crippen LogP contribution < -0.4 is 0 Å². The molecule has 0 bridgehead atoms. The van der Waals surface area contributed by atoms with Crippen LogP contribution in [0.5, 0.6) is 0 Å². The lowest BCUT2D eigenvalue weighted by atomic mass is 9.90. The van der Waals surface area contributed by atoms with Crippen molar-refractivity contribution in [3.8, 4) is 0 Å². The molecular weight excluding hydrogens is 370 g/mol. The van der Waals surface area contributed by atoms with Crippen molar-refractivity contribution < 1.29 is 17.6 Å². The van der Waals surface area contributed by atoms with E-state index in [0.29, 0.717) is 24.2 Å². The Kier molecular flexibility index (Phi) is 5.00. The van der Waals surface area contributed by atoms with E-state index in [1.165, 1.54) is 24.3 Å². The number of rotatable bonds is 4. The zero-order valence-electron chi connectivity index (χ0n) is 15.3. The molecule has 4 rings (SSSR count). The van der Waals surface area contributed by atoms with Gasteiger partial charge in [0, 0.05) is 13.1 Å². The minimum absolute atomic E-state index is 0.0969. The first-order valence-electron chi connectivity index (χ1n) is 9.44. The van der Waals surface area contributed by atoms with Gasteiger partial charge < -0.3 is 9.80 Å². The lowest BCUT2D eigenvalue weighted by molar-refractivity contribution is 0.197. The second-order valence-corrected chi connectivity index (χ2v) is 7.50. The Balaban J connectivity index is 1.58. The number of hydrogen-bond donors (Lipinski definition) is 1. The van der Waals surface area contributed by atoms with Gasteiger partial charge in [0.15, 0.2) is 29.2 Å². The maximum atomic E-state index is 13.6. The van der Waals surface area contributed by atoms with Gasteiger partial charge in [-0.25, -0.2) is 17.6 Å². The van der Waals surface area contributed by atoms with E-state index in [9.17, 15) is 17.6 Å². The molecule has 1 heterocycles. The van der Waals surface area contributed by atoms with Crippen LogP contribution in [0, 0.1) is 28.7 Å². The molecule has 1 aliphatic heterocycles. The van der Waals surface area contributed by atoms with Crippen molar-refractivity contribution in [2.45, 2.75) is 50.9 Å². The predicted octanol–water partition coefficient (Wildman–Crippen LogP) is 4.81. The Morgan fingerprint density at radius 3 is 1.54 bits per heavy atom. The second-order valence-electron chi connectivity index (χ2n) is 7.50. The summed E-state index contributed by atoms with van der Waals surface area (Å²) in [4.78, 5) is 3.83. The van der Waals surface area contributed by atoms with Crippen molar-refractivity contribution in [2.75, 3.05) is 0 Å². The Hall–Kier alpha value is -2.57. The van der Waals surface area contributed by atoms with Crippen molar-refractivity contribution in [1.82, 2.24) is 9.80 Å². The summed E-state index contributed by atoms with van der Waals surface area (Å²) in [5.74, 6) is -3.30. The molecule has 3 nitrogen and oxygen atoms in total. The highest BCUT2D eigenvalue weighted by Gasteiger charge is 2.44. The normalized spacial score (nSPS) is 21.9. The summed E-state index contributed by atoms with van der Waals surface area (Å²) in [6.07, 6.45) is 3.90. The van der Waals surface area contributed by atoms with Gasteiger partial charge in [0.25, 0.3) is 0 Å². The number of hydrogen-bond acceptors (Lipinski definition) is 1. The summed E-state index contributed by atoms with van der Waals surface area (Å²) >= 11 is 0. The highest BCUT2D eigenvalue weighted by atomic mass is 19.2. The minimum Gasteiger partial charge on any atom is -0.334 e. The Labute approximate surface area is 161 Å². The van der Waals surface area contributed by atoms with Crippen LogP contribution in [0.15, 0.2) is 36.4 Å². The van der Waals surface area contributed by atoms with Crippen molar-refractivity contribution >= 4 is 5.96 Å². The summed E-state index contributed by atoms with van der Waals surface area (Å²) < 4.78 is 53.6. The molecule has 2 atom stereocenters. The molecule has 0 unspecified atom stereocenters. The zero-order chi connectivity index (χ0) is 19.8. The fraction of sp³-hybridized carbons (Fsp3) is 0.381. The molecule has 0 radical (unpaired) electrons. The molecule has 0 amide bonds. The fourth-order valence-electron chi connectivity index (χ4n) is 4.35. The molecule has 2 aromatic carbocycles. The van der Waals surface area contributed by atoms with E-state index < -0.39 is 23.3 Å². The van der Waals surface area contributed by atoms with E-state index in [2.05, 4.69) is 0 Å². The quantitative estimate of drug-likeness (QED) is 0.759. The number of nitrogens with zero attached hydrogens (tertiary/aromatic N) is 2. The van der Waals surface area contributed by atoms with Crippen LogP contribution in [-0.2, 0) is 13.1 Å². The van der Waals surface area contributed by atoms with Crippen molar-refractivity contribution in [3.05, 3.63) is 70.8 Å². The molecule has 7 heteroatoms. The SMILES string of the molecule is N=C1N(Cc2ccc(F)c(F)c2)[C@@H]2CCCC[C@H]2N1Cc1ccc(F)c(F)c1. The van der Waals surface area contributed by atoms with Gasteiger partial charge in [-0.2, -0.15) is 0 Å². The Morgan fingerprint density at radius 1 is 0.714 bits per heavy atom. The predicted molar refractivity (Wildman–Crippen MR) is 97.6 cm³/mol. The van der Waals surface area contributed by atoms with Gasteiger partial charge in [0.1, 0.15) is 0 Å². The molecule has 1 saturated heterocycles. The summed E-state index contributed by atoms with van der Waals surface area (Å²) in [6.45, 7) is 0.622. The van der Waals surface area contributed by atoms with Gasteiger partial charge in [-0.3, -0.25) is 5.41 Å². The largest absolute Gasteiger partial charge is 0.334 e. The van der Waals surface area contributed by atoms with Crippen LogP contribution in [0.1, 0.15) is 36.8 Å². The molecule has 28 heavy (non-hydrogen) atoms. The summed E-state index contributed by atoms with van der Waals surface area (Å²) in [5.41, 5.74) is 1.20. The first-order chi connectivity index (χ1) is 13.4. The lowest BCUT2D eigenvalue weighted by Gasteiger charge is -2.32. The highest BCUT2D eigenvalue weighted by molar-refractivity contribution is 5.80. The zero-order valence-corrected chi connectivity index (χ0v) is 15.3. The lowest BCUT2D eigenvalue weighted by Crippen LogP contribution is -2.39. The van der Waals surface area contributed by atoms with Crippen LogP contribution in [0.4, 0.5) is 17.6 Å². The number of halogens is 4. The molecule has 0 spiro atoms. The summed E-state index contributed by atoms with van der Waals surface area (Å²) in [6, 6.07) is 7.78. The summed E-state index contributed by atoms with van der Waals surface area (Å²) in [5, 5.41) is 8.67. The molecule has 2 aromatic rings. The standard InChI is InChI=1S/C21H21F4N3/c22-15-7-5-13(9-17(15)24)11-27-19-3-1-2-4-20(19)28(21(27)26)12-14-6-8-16(23)18(25)10-14/h5-10,19-20,26H,1-4,11-12H2/t19-,20-/m1/s1. The monoisotopic (exact) mass is 391 g/mol. The van der Waals surface area contributed by atoms with Gasteiger partial charge in [-0.15, -0.1) is 0 Å². The van der Waals surface area contributed by atoms with Crippen LogP contribution in [-0.4, -0.2) is 27.8 Å². The van der Waals surface area contributed by atoms with E-state index in [4.69, 9.17) is 5.41 Å². The van der Waals surface area contributed by atoms with Crippen molar-refractivity contribution in [1.29, 1.82) is 5.41 Å². The Morgan fingerprint density at radius 2 is 1.14 bits per heavy atom. The van der Waals surface area contributed by atoms with Gasteiger partial charge in [0.05, 0.1) is 12.1 Å². The van der Waals surface area contributed by atoms with Crippen LogP contribution in [0.2, 0.25) is 0 Å². The van der Waals surface area contributed by atoms with E-state index >= 15 is 0 Å². The first kappa shape index (κ1) is 18.8. The molecule has 2 aliphatic rings. The summed E-state index contributed by atoms with van der Waals surface area (Å²) in [7, 11) is 0. The van der Waals surface area contributed by atoms with E-state index in [0.717, 1.165) is 37.8 Å². The van der Waals surface area contributed by atoms with Crippen molar-refractivity contribution in [2.24, 2.45) is 0 Å². The average Bonchev–Trinajstić information content (AvgIpc) is 2.93. The fourth-order valence-corrected chi connectivity index (χ4v) is 4.35. The van der Waals surface area contributed by atoms with E-state index in [-0.39, 0.29) is 18.0 Å². The number of benzene rings is 2. The van der Waals surface area contributed by atoms with Crippen LogP contribution in [0.25, 0.3) is 0 Å². The first-order valence-corrected chi connectivity index (χ1v) is 9.44. The molecule has 148 valence electrons. The maximum absolute atomic E-state index is 13.6. The second kappa shape index (κ2) is 7.45. The molecule has 1 aliphatic carbocycles. The smallest absolute Gasteiger partial charge is 0.194 e. The Bertz CT molecular complexity index is 830. The third-order valence-corrected chi connectivity index (χ3v) is 5.71. The van der Waals surface area contributed by atoms with E-state index in [1.807, 2.05) is 9.80 Å². The topological polar surface area (TPSA) is 30.3 Å². The maximum Gasteiger partial charge on any atom is 0.194 e. The molecular formula is C21H21F4N3. The van der Waals surface area contributed by atoms with Gasteiger partial charge in [-0.1, -0.05) is 25.0 Å².